The van der Waals surface area contributed by atoms with Crippen LogP contribution in [0.2, 0.25) is 0 Å². The third-order valence-corrected chi connectivity index (χ3v) is 5.18. The van der Waals surface area contributed by atoms with Crippen molar-refractivity contribution in [2.45, 2.75) is 45.5 Å². The highest BCUT2D eigenvalue weighted by Gasteiger charge is 2.31. The van der Waals surface area contributed by atoms with Crippen LogP contribution in [0.25, 0.3) is 5.69 Å². The summed E-state index contributed by atoms with van der Waals surface area (Å²) in [7, 11) is 0. The Morgan fingerprint density at radius 3 is 2.38 bits per heavy atom. The normalized spacial score (nSPS) is 12.8. The van der Waals surface area contributed by atoms with Gasteiger partial charge in [0.2, 0.25) is 0 Å². The van der Waals surface area contributed by atoms with Crippen molar-refractivity contribution in [2.24, 2.45) is 0 Å². The largest absolute Gasteiger partial charge is 0.481 e. The number of aryl methyl sites for hydroxylation is 1. The standard InChI is InChI=1S/C23H21F7N4O3/c1-11(2)33-12(3)32-34(22(33)36)17-9-18(37-19(10-24)20(26)27)15(8-16(17)25)21(35)31-14-6-4-5-13(7-14)23(28,29)30/h4-9,11,19-20H,10H2,1-3H3,(H,31,35)/t19-/m0/s1. The summed E-state index contributed by atoms with van der Waals surface area (Å²) >= 11 is 0. The number of hydrogen-bond acceptors (Lipinski definition) is 4. The van der Waals surface area contributed by atoms with Crippen LogP contribution in [0.4, 0.5) is 36.4 Å². The summed E-state index contributed by atoms with van der Waals surface area (Å²) in [5.41, 5.74) is -3.52. The fourth-order valence-electron chi connectivity index (χ4n) is 3.49. The fraction of sp³-hybridized carbons (Fsp3) is 0.348. The molecule has 37 heavy (non-hydrogen) atoms. The number of amides is 1. The van der Waals surface area contributed by atoms with Gasteiger partial charge >= 0.3 is 11.9 Å². The molecule has 0 unspecified atom stereocenters. The van der Waals surface area contributed by atoms with Crippen LogP contribution in [0, 0.1) is 12.7 Å². The number of alkyl halides is 6. The SMILES string of the molecule is Cc1nn(-c2cc(O[C@@H](CF)C(F)F)c(C(=O)Nc3cccc(C(F)(F)F)c3)cc2F)c(=O)n1C(C)C. The Kier molecular flexibility index (Phi) is 7.98. The third-order valence-electron chi connectivity index (χ3n) is 5.18. The lowest BCUT2D eigenvalue weighted by atomic mass is 10.1. The molecule has 1 amide bonds. The molecule has 0 saturated carbocycles. The maximum Gasteiger partial charge on any atom is 0.416 e. The van der Waals surface area contributed by atoms with E-state index in [-0.39, 0.29) is 17.6 Å². The summed E-state index contributed by atoms with van der Waals surface area (Å²) < 4.78 is 101. The minimum Gasteiger partial charge on any atom is -0.481 e. The van der Waals surface area contributed by atoms with Gasteiger partial charge in [0.1, 0.15) is 29.8 Å². The van der Waals surface area contributed by atoms with E-state index < -0.39 is 65.4 Å². The van der Waals surface area contributed by atoms with E-state index in [9.17, 15) is 35.9 Å². The summed E-state index contributed by atoms with van der Waals surface area (Å²) in [5, 5.41) is 6.06. The van der Waals surface area contributed by atoms with Gasteiger partial charge in [0, 0.05) is 17.8 Å². The number of carbonyl (C=O) groups is 1. The summed E-state index contributed by atoms with van der Waals surface area (Å²) in [6.07, 6.45) is -10.4. The van der Waals surface area contributed by atoms with Crippen LogP contribution in [0.5, 0.6) is 5.75 Å². The predicted molar refractivity (Wildman–Crippen MR) is 119 cm³/mol. The van der Waals surface area contributed by atoms with Gasteiger partial charge in [-0.15, -0.1) is 0 Å². The lowest BCUT2D eigenvalue weighted by molar-refractivity contribution is -0.137. The van der Waals surface area contributed by atoms with Crippen molar-refractivity contribution >= 4 is 11.6 Å². The first-order valence-electron chi connectivity index (χ1n) is 10.8. The van der Waals surface area contributed by atoms with Crippen LogP contribution >= 0.6 is 0 Å². The number of nitrogens with zero attached hydrogens (tertiary/aromatic N) is 3. The van der Waals surface area contributed by atoms with Crippen LogP contribution in [0.15, 0.2) is 41.2 Å². The molecule has 14 heteroatoms. The molecule has 7 nitrogen and oxygen atoms in total. The molecule has 200 valence electrons. The van der Waals surface area contributed by atoms with Gasteiger partial charge in [0.05, 0.1) is 11.1 Å². The molecule has 0 spiro atoms. The molecule has 0 aliphatic rings. The first kappa shape index (κ1) is 27.7. The van der Waals surface area contributed by atoms with E-state index in [2.05, 4.69) is 10.4 Å². The highest BCUT2D eigenvalue weighted by atomic mass is 19.4. The molecule has 0 radical (unpaired) electrons. The van der Waals surface area contributed by atoms with Gasteiger partial charge in [-0.1, -0.05) is 6.07 Å². The lowest BCUT2D eigenvalue weighted by Gasteiger charge is -2.19. The number of aromatic nitrogens is 3. The number of ether oxygens (including phenoxy) is 1. The van der Waals surface area contributed by atoms with Crippen LogP contribution in [-0.2, 0) is 6.18 Å². The van der Waals surface area contributed by atoms with E-state index in [1.165, 1.54) is 11.5 Å². The number of hydrogen-bond donors (Lipinski definition) is 1. The minimum atomic E-state index is -4.72. The fourth-order valence-corrected chi connectivity index (χ4v) is 3.49. The Balaban J connectivity index is 2.11. The zero-order chi connectivity index (χ0) is 27.7. The summed E-state index contributed by atoms with van der Waals surface area (Å²) in [5.74, 6) is -2.98. The van der Waals surface area contributed by atoms with Crippen molar-refractivity contribution in [1.29, 1.82) is 0 Å². The van der Waals surface area contributed by atoms with Crippen molar-refractivity contribution in [3.63, 3.8) is 0 Å². The highest BCUT2D eigenvalue weighted by Crippen LogP contribution is 2.32. The smallest absolute Gasteiger partial charge is 0.416 e. The number of anilines is 1. The molecule has 0 bridgehead atoms. The Hall–Kier alpha value is -3.84. The van der Waals surface area contributed by atoms with Gasteiger partial charge in [-0.3, -0.25) is 9.36 Å². The number of rotatable bonds is 8. The van der Waals surface area contributed by atoms with Crippen LogP contribution in [-0.4, -0.2) is 39.5 Å². The van der Waals surface area contributed by atoms with Gasteiger partial charge in [-0.25, -0.2) is 22.4 Å². The average Bonchev–Trinajstić information content (AvgIpc) is 3.10. The van der Waals surface area contributed by atoms with E-state index in [0.717, 1.165) is 24.3 Å². The second-order valence-electron chi connectivity index (χ2n) is 8.18. The molecule has 0 aliphatic heterocycles. The second-order valence-corrected chi connectivity index (χ2v) is 8.18. The molecule has 0 saturated heterocycles. The van der Waals surface area contributed by atoms with Crippen molar-refractivity contribution in [3.8, 4) is 11.4 Å². The summed E-state index contributed by atoms with van der Waals surface area (Å²) in [6, 6.07) is 4.37. The quantitative estimate of drug-likeness (QED) is 0.397. The molecule has 0 fully saturated rings. The molecule has 3 aromatic rings. The number of carbonyl (C=O) groups excluding carboxylic acids is 1. The number of nitrogens with one attached hydrogen (secondary N) is 1. The van der Waals surface area contributed by atoms with E-state index >= 15 is 4.39 Å². The number of halogens is 7. The molecule has 1 aromatic heterocycles. The van der Waals surface area contributed by atoms with Gasteiger partial charge in [-0.05, 0) is 45.0 Å². The van der Waals surface area contributed by atoms with E-state index in [0.29, 0.717) is 16.8 Å². The summed E-state index contributed by atoms with van der Waals surface area (Å²) in [6.45, 7) is 3.13. The number of benzene rings is 2. The lowest BCUT2D eigenvalue weighted by Crippen LogP contribution is -2.29. The molecular formula is C23H21F7N4O3. The first-order valence-corrected chi connectivity index (χ1v) is 10.8. The van der Waals surface area contributed by atoms with Gasteiger partial charge < -0.3 is 10.1 Å². The van der Waals surface area contributed by atoms with Crippen molar-refractivity contribution in [3.05, 3.63) is 69.7 Å². The molecule has 1 N–H and O–H groups in total. The Morgan fingerprint density at radius 1 is 1.16 bits per heavy atom. The topological polar surface area (TPSA) is 78.2 Å². The third kappa shape index (κ3) is 5.94. The van der Waals surface area contributed by atoms with Gasteiger partial charge in [0.25, 0.3) is 12.3 Å². The van der Waals surface area contributed by atoms with Crippen LogP contribution in [0.3, 0.4) is 0 Å². The Labute approximate surface area is 205 Å². The zero-order valence-corrected chi connectivity index (χ0v) is 19.6. The maximum absolute atomic E-state index is 15.1. The molecule has 2 aromatic carbocycles. The van der Waals surface area contributed by atoms with Crippen molar-refractivity contribution in [1.82, 2.24) is 14.3 Å². The van der Waals surface area contributed by atoms with Gasteiger partial charge in [0.15, 0.2) is 6.10 Å². The molecule has 1 heterocycles. The predicted octanol–water partition coefficient (Wildman–Crippen LogP) is 5.32. The summed E-state index contributed by atoms with van der Waals surface area (Å²) in [4.78, 5) is 25.6. The van der Waals surface area contributed by atoms with Gasteiger partial charge in [-0.2, -0.15) is 23.0 Å². The van der Waals surface area contributed by atoms with Crippen molar-refractivity contribution in [2.75, 3.05) is 12.0 Å². The second kappa shape index (κ2) is 10.6. The molecule has 1 atom stereocenters. The van der Waals surface area contributed by atoms with E-state index in [1.807, 2.05) is 0 Å². The van der Waals surface area contributed by atoms with E-state index in [1.54, 1.807) is 13.8 Å². The van der Waals surface area contributed by atoms with E-state index in [4.69, 9.17) is 4.74 Å². The molecule has 3 rings (SSSR count). The first-order chi connectivity index (χ1) is 17.2. The average molecular weight is 534 g/mol. The molecule has 0 aliphatic carbocycles. The zero-order valence-electron chi connectivity index (χ0n) is 19.6. The van der Waals surface area contributed by atoms with Crippen LogP contribution < -0.4 is 15.7 Å². The monoisotopic (exact) mass is 534 g/mol. The molecular weight excluding hydrogens is 513 g/mol. The highest BCUT2D eigenvalue weighted by molar-refractivity contribution is 6.06. The van der Waals surface area contributed by atoms with Crippen molar-refractivity contribution < 1.29 is 40.3 Å². The Bertz CT molecular complexity index is 1350. The Morgan fingerprint density at radius 2 is 1.84 bits per heavy atom. The maximum atomic E-state index is 15.1. The van der Waals surface area contributed by atoms with Crippen LogP contribution in [0.1, 0.15) is 41.6 Å². The minimum absolute atomic E-state index is 0.197.